The minimum atomic E-state index is 0.271. The smallest absolute Gasteiger partial charge is 0.135 e. The highest BCUT2D eigenvalue weighted by Crippen LogP contribution is 2.31. The van der Waals surface area contributed by atoms with E-state index in [1.54, 1.807) is 0 Å². The van der Waals surface area contributed by atoms with Crippen LogP contribution < -0.4 is 5.32 Å². The summed E-state index contributed by atoms with van der Waals surface area (Å²) in [5.74, 6) is 0. The molecule has 1 saturated heterocycles. The molecule has 20 heavy (non-hydrogen) atoms. The van der Waals surface area contributed by atoms with E-state index in [1.165, 1.54) is 10.8 Å². The van der Waals surface area contributed by atoms with Gasteiger partial charge in [0.15, 0.2) is 0 Å². The van der Waals surface area contributed by atoms with E-state index in [-0.39, 0.29) is 5.41 Å². The molecule has 0 spiro atoms. The van der Waals surface area contributed by atoms with Crippen LogP contribution in [0.4, 0.5) is 5.69 Å². The summed E-state index contributed by atoms with van der Waals surface area (Å²) in [6.45, 7) is 4.87. The maximum absolute atomic E-state index is 5.84. The SMILES string of the molecule is CC1(CNc2ccc3oc4ccccc4c3c2)COC1. The summed E-state index contributed by atoms with van der Waals surface area (Å²) < 4.78 is 11.1. The number of ether oxygens (including phenoxy) is 1. The van der Waals surface area contributed by atoms with Crippen molar-refractivity contribution in [1.29, 1.82) is 0 Å². The van der Waals surface area contributed by atoms with Crippen molar-refractivity contribution in [2.45, 2.75) is 6.92 Å². The fourth-order valence-corrected chi connectivity index (χ4v) is 2.70. The number of fused-ring (bicyclic) bond motifs is 3. The van der Waals surface area contributed by atoms with Gasteiger partial charge in [0.05, 0.1) is 13.2 Å². The molecule has 1 aliphatic rings. The minimum Gasteiger partial charge on any atom is -0.456 e. The molecule has 102 valence electrons. The molecule has 0 unspecified atom stereocenters. The molecule has 0 aliphatic carbocycles. The van der Waals surface area contributed by atoms with Crippen LogP contribution in [0.5, 0.6) is 0 Å². The van der Waals surface area contributed by atoms with Crippen LogP contribution in [-0.4, -0.2) is 19.8 Å². The van der Waals surface area contributed by atoms with E-state index in [2.05, 4.69) is 30.4 Å². The monoisotopic (exact) mass is 267 g/mol. The Kier molecular flexibility index (Phi) is 2.51. The third-order valence-electron chi connectivity index (χ3n) is 4.00. The first kappa shape index (κ1) is 11.8. The maximum Gasteiger partial charge on any atom is 0.135 e. The van der Waals surface area contributed by atoms with Crippen LogP contribution in [0.25, 0.3) is 21.9 Å². The number of hydrogen-bond acceptors (Lipinski definition) is 3. The van der Waals surface area contributed by atoms with Crippen LogP contribution in [-0.2, 0) is 4.74 Å². The molecule has 0 atom stereocenters. The predicted octanol–water partition coefficient (Wildman–Crippen LogP) is 4.03. The van der Waals surface area contributed by atoms with Gasteiger partial charge in [0.25, 0.3) is 0 Å². The number of hydrogen-bond donors (Lipinski definition) is 1. The molecule has 3 heteroatoms. The van der Waals surface area contributed by atoms with Crippen LogP contribution in [0.15, 0.2) is 46.9 Å². The van der Waals surface area contributed by atoms with E-state index in [1.807, 2.05) is 24.3 Å². The number of anilines is 1. The van der Waals surface area contributed by atoms with Crippen LogP contribution in [0, 0.1) is 5.41 Å². The molecule has 3 aromatic rings. The second-order valence-corrected chi connectivity index (χ2v) is 5.97. The quantitative estimate of drug-likeness (QED) is 0.778. The third-order valence-corrected chi connectivity index (χ3v) is 4.00. The fraction of sp³-hybridized carbons (Fsp3) is 0.294. The van der Waals surface area contributed by atoms with Crippen molar-refractivity contribution < 1.29 is 9.15 Å². The van der Waals surface area contributed by atoms with Gasteiger partial charge in [0.1, 0.15) is 11.2 Å². The fourth-order valence-electron chi connectivity index (χ4n) is 2.70. The summed E-state index contributed by atoms with van der Waals surface area (Å²) in [5.41, 5.74) is 3.29. The van der Waals surface area contributed by atoms with Crippen molar-refractivity contribution in [3.8, 4) is 0 Å². The van der Waals surface area contributed by atoms with Gasteiger partial charge in [-0.05, 0) is 24.3 Å². The molecule has 1 aromatic heterocycles. The minimum absolute atomic E-state index is 0.271. The number of benzene rings is 2. The van der Waals surface area contributed by atoms with Crippen molar-refractivity contribution in [3.63, 3.8) is 0 Å². The van der Waals surface area contributed by atoms with E-state index in [0.717, 1.165) is 36.6 Å². The van der Waals surface area contributed by atoms with Crippen molar-refractivity contribution in [2.24, 2.45) is 5.41 Å². The van der Waals surface area contributed by atoms with Crippen molar-refractivity contribution in [3.05, 3.63) is 42.5 Å². The molecule has 0 amide bonds. The summed E-state index contributed by atoms with van der Waals surface area (Å²) in [6, 6.07) is 14.4. The van der Waals surface area contributed by atoms with E-state index in [4.69, 9.17) is 9.15 Å². The highest BCUT2D eigenvalue weighted by Gasteiger charge is 2.32. The topological polar surface area (TPSA) is 34.4 Å². The van der Waals surface area contributed by atoms with Gasteiger partial charge in [-0.25, -0.2) is 0 Å². The first-order valence-corrected chi connectivity index (χ1v) is 6.97. The Hall–Kier alpha value is -2.00. The first-order valence-electron chi connectivity index (χ1n) is 6.97. The lowest BCUT2D eigenvalue weighted by Crippen LogP contribution is -2.45. The molecular weight excluding hydrogens is 250 g/mol. The standard InChI is InChI=1S/C17H17NO2/c1-17(10-19-11-17)9-18-12-6-7-16-14(8-12)13-4-2-3-5-15(13)20-16/h2-8,18H,9-11H2,1H3. The van der Waals surface area contributed by atoms with E-state index >= 15 is 0 Å². The largest absolute Gasteiger partial charge is 0.456 e. The second-order valence-electron chi connectivity index (χ2n) is 5.97. The molecular formula is C17H17NO2. The third kappa shape index (κ3) is 1.86. The molecule has 1 aliphatic heterocycles. The molecule has 1 N–H and O–H groups in total. The summed E-state index contributed by atoms with van der Waals surface area (Å²) >= 11 is 0. The van der Waals surface area contributed by atoms with Gasteiger partial charge in [0, 0.05) is 28.4 Å². The Morgan fingerprint density at radius 3 is 2.65 bits per heavy atom. The first-order chi connectivity index (χ1) is 9.73. The average molecular weight is 267 g/mol. The number of para-hydroxylation sites is 1. The van der Waals surface area contributed by atoms with Gasteiger partial charge in [-0.2, -0.15) is 0 Å². The van der Waals surface area contributed by atoms with Gasteiger partial charge < -0.3 is 14.5 Å². The number of nitrogens with one attached hydrogen (secondary N) is 1. The van der Waals surface area contributed by atoms with Crippen LogP contribution in [0.2, 0.25) is 0 Å². The van der Waals surface area contributed by atoms with Crippen molar-refractivity contribution in [2.75, 3.05) is 25.1 Å². The van der Waals surface area contributed by atoms with Gasteiger partial charge in [-0.15, -0.1) is 0 Å². The zero-order valence-electron chi connectivity index (χ0n) is 11.5. The van der Waals surface area contributed by atoms with E-state index in [0.29, 0.717) is 0 Å². The summed E-state index contributed by atoms with van der Waals surface area (Å²) in [5, 5.41) is 5.85. The van der Waals surface area contributed by atoms with Crippen molar-refractivity contribution >= 4 is 27.6 Å². The Labute approximate surface area is 117 Å². The predicted molar refractivity (Wildman–Crippen MR) is 81.1 cm³/mol. The Morgan fingerprint density at radius 2 is 1.85 bits per heavy atom. The summed E-state index contributed by atoms with van der Waals surface area (Å²) in [6.07, 6.45) is 0. The maximum atomic E-state index is 5.84. The second kappa shape index (κ2) is 4.25. The summed E-state index contributed by atoms with van der Waals surface area (Å²) in [7, 11) is 0. The molecule has 2 heterocycles. The van der Waals surface area contributed by atoms with Crippen molar-refractivity contribution in [1.82, 2.24) is 0 Å². The number of furan rings is 1. The summed E-state index contributed by atoms with van der Waals surface area (Å²) in [4.78, 5) is 0. The zero-order valence-corrected chi connectivity index (χ0v) is 11.5. The highest BCUT2D eigenvalue weighted by atomic mass is 16.5. The Balaban J connectivity index is 1.68. The van der Waals surface area contributed by atoms with Crippen LogP contribution in [0.1, 0.15) is 6.92 Å². The normalized spacial score (nSPS) is 17.2. The van der Waals surface area contributed by atoms with Crippen LogP contribution >= 0.6 is 0 Å². The van der Waals surface area contributed by atoms with E-state index < -0.39 is 0 Å². The zero-order chi connectivity index (χ0) is 13.6. The molecule has 0 radical (unpaired) electrons. The number of rotatable bonds is 3. The average Bonchev–Trinajstić information content (AvgIpc) is 2.81. The molecule has 2 aromatic carbocycles. The Bertz CT molecular complexity index is 771. The van der Waals surface area contributed by atoms with E-state index in [9.17, 15) is 0 Å². The van der Waals surface area contributed by atoms with Gasteiger partial charge in [0.2, 0.25) is 0 Å². The molecule has 0 bridgehead atoms. The molecule has 1 fully saturated rings. The lowest BCUT2D eigenvalue weighted by atomic mass is 9.88. The molecule has 4 rings (SSSR count). The molecule has 0 saturated carbocycles. The van der Waals surface area contributed by atoms with Gasteiger partial charge in [-0.1, -0.05) is 25.1 Å². The Morgan fingerprint density at radius 1 is 1.05 bits per heavy atom. The lowest BCUT2D eigenvalue weighted by molar-refractivity contribution is -0.0924. The van der Waals surface area contributed by atoms with Crippen LogP contribution in [0.3, 0.4) is 0 Å². The highest BCUT2D eigenvalue weighted by molar-refractivity contribution is 6.05. The molecule has 3 nitrogen and oxygen atoms in total. The van der Waals surface area contributed by atoms with Gasteiger partial charge >= 0.3 is 0 Å². The lowest BCUT2D eigenvalue weighted by Gasteiger charge is -2.38. The van der Waals surface area contributed by atoms with Gasteiger partial charge in [-0.3, -0.25) is 0 Å².